The fourth-order valence-electron chi connectivity index (χ4n) is 3.12. The largest absolute Gasteiger partial charge is 0.383 e. The molecule has 0 aliphatic rings. The van der Waals surface area contributed by atoms with Crippen molar-refractivity contribution in [1.29, 1.82) is 0 Å². The predicted octanol–water partition coefficient (Wildman–Crippen LogP) is 3.32. The van der Waals surface area contributed by atoms with Gasteiger partial charge in [0.25, 0.3) is 5.91 Å². The zero-order valence-corrected chi connectivity index (χ0v) is 17.8. The smallest absolute Gasteiger partial charge is 0.255 e. The molecule has 1 aromatic carbocycles. The van der Waals surface area contributed by atoms with E-state index in [4.69, 9.17) is 10.5 Å². The summed E-state index contributed by atoms with van der Waals surface area (Å²) in [6.45, 7) is 1.46. The van der Waals surface area contributed by atoms with Gasteiger partial charge in [0.2, 0.25) is 0 Å². The Hall–Kier alpha value is -3.56. The number of thiophene rings is 1. The third-order valence-corrected chi connectivity index (χ3v) is 5.82. The number of nitrogens with two attached hydrogens (primary N) is 1. The minimum Gasteiger partial charge on any atom is -0.383 e. The summed E-state index contributed by atoms with van der Waals surface area (Å²) in [5.74, 6) is 0.829. The molecule has 8 nitrogen and oxygen atoms in total. The number of carbonyl (C=O) groups is 1. The van der Waals surface area contributed by atoms with Gasteiger partial charge in [-0.3, -0.25) is 4.79 Å². The van der Waals surface area contributed by atoms with Crippen molar-refractivity contribution in [1.82, 2.24) is 20.3 Å². The normalized spacial score (nSPS) is 10.9. The highest BCUT2D eigenvalue weighted by molar-refractivity contribution is 7.15. The molecule has 0 unspecified atom stereocenters. The van der Waals surface area contributed by atoms with Crippen LogP contribution in [0.4, 0.5) is 11.6 Å². The molecule has 0 aliphatic carbocycles. The van der Waals surface area contributed by atoms with Crippen LogP contribution >= 0.6 is 11.3 Å². The monoisotopic (exact) mass is 434 g/mol. The van der Waals surface area contributed by atoms with Crippen LogP contribution in [0.15, 0.2) is 55.0 Å². The second kappa shape index (κ2) is 9.50. The maximum atomic E-state index is 12.4. The van der Waals surface area contributed by atoms with Crippen LogP contribution in [0.1, 0.15) is 15.2 Å². The lowest BCUT2D eigenvalue weighted by Crippen LogP contribution is -2.27. The SMILES string of the molecule is COCCNC(=O)c1cccnc1NCc1ccc(-c2ccc3ncnc(N)c3c2)s1. The van der Waals surface area contributed by atoms with Gasteiger partial charge in [0, 0.05) is 35.0 Å². The minimum absolute atomic E-state index is 0.185. The Kier molecular flexibility index (Phi) is 6.34. The number of anilines is 2. The van der Waals surface area contributed by atoms with E-state index in [1.165, 1.54) is 6.33 Å². The van der Waals surface area contributed by atoms with E-state index in [1.807, 2.05) is 18.2 Å². The number of methoxy groups -OCH3 is 1. The van der Waals surface area contributed by atoms with Crippen molar-refractivity contribution < 1.29 is 9.53 Å². The Bertz CT molecular complexity index is 1210. The number of nitrogens with one attached hydrogen (secondary N) is 2. The van der Waals surface area contributed by atoms with Gasteiger partial charge in [0.1, 0.15) is 18.0 Å². The molecular formula is C22H22N6O2S. The van der Waals surface area contributed by atoms with E-state index in [0.29, 0.717) is 36.9 Å². The number of nitrogen functional groups attached to an aromatic ring is 1. The second-order valence-electron chi connectivity index (χ2n) is 6.76. The van der Waals surface area contributed by atoms with Crippen molar-refractivity contribution in [2.24, 2.45) is 0 Å². The first-order valence-electron chi connectivity index (χ1n) is 9.71. The number of hydrogen-bond acceptors (Lipinski definition) is 8. The van der Waals surface area contributed by atoms with Crippen molar-refractivity contribution in [2.75, 3.05) is 31.3 Å². The van der Waals surface area contributed by atoms with Crippen LogP contribution in [0, 0.1) is 0 Å². The molecule has 0 spiro atoms. The van der Waals surface area contributed by atoms with Crippen LogP contribution in [0.3, 0.4) is 0 Å². The summed E-state index contributed by atoms with van der Waals surface area (Å²) < 4.78 is 4.97. The van der Waals surface area contributed by atoms with Crippen molar-refractivity contribution in [2.45, 2.75) is 6.54 Å². The Labute approximate surface area is 183 Å². The molecule has 0 aliphatic heterocycles. The summed E-state index contributed by atoms with van der Waals surface area (Å²) in [5.41, 5.74) is 8.37. The van der Waals surface area contributed by atoms with Crippen LogP contribution in [-0.4, -0.2) is 41.1 Å². The summed E-state index contributed by atoms with van der Waals surface area (Å²) in [7, 11) is 1.60. The molecule has 4 N–H and O–H groups in total. The zero-order chi connectivity index (χ0) is 21.6. The summed E-state index contributed by atoms with van der Waals surface area (Å²) in [6.07, 6.45) is 3.13. The predicted molar refractivity (Wildman–Crippen MR) is 123 cm³/mol. The molecule has 31 heavy (non-hydrogen) atoms. The van der Waals surface area contributed by atoms with Crippen molar-refractivity contribution in [3.63, 3.8) is 0 Å². The van der Waals surface area contributed by atoms with Gasteiger partial charge in [-0.1, -0.05) is 6.07 Å². The lowest BCUT2D eigenvalue weighted by Gasteiger charge is -2.10. The standard InChI is InChI=1S/C22H22N6O2S/c1-30-10-9-25-22(29)16-3-2-8-24-21(16)26-12-15-5-7-19(31-15)14-4-6-18-17(11-14)20(23)28-13-27-18/h2-8,11,13H,9-10,12H2,1H3,(H,24,26)(H,25,29)(H2,23,27,28). The summed E-state index contributed by atoms with van der Waals surface area (Å²) in [5, 5.41) is 6.93. The highest BCUT2D eigenvalue weighted by atomic mass is 32.1. The molecule has 9 heteroatoms. The van der Waals surface area contributed by atoms with Crippen molar-refractivity contribution >= 4 is 39.8 Å². The Balaban J connectivity index is 1.47. The molecule has 0 bridgehead atoms. The topological polar surface area (TPSA) is 115 Å². The molecule has 0 saturated heterocycles. The van der Waals surface area contributed by atoms with E-state index < -0.39 is 0 Å². The average Bonchev–Trinajstić information content (AvgIpc) is 3.27. The number of hydrogen-bond donors (Lipinski definition) is 3. The van der Waals surface area contributed by atoms with Gasteiger partial charge in [-0.2, -0.15) is 0 Å². The molecule has 1 amide bonds. The van der Waals surface area contributed by atoms with E-state index in [0.717, 1.165) is 26.2 Å². The molecule has 0 saturated carbocycles. The van der Waals surface area contributed by atoms with Gasteiger partial charge in [-0.25, -0.2) is 15.0 Å². The number of rotatable bonds is 8. The number of benzene rings is 1. The third-order valence-electron chi connectivity index (χ3n) is 4.69. The number of ether oxygens (including phenoxy) is 1. The Morgan fingerprint density at radius 1 is 1.16 bits per heavy atom. The van der Waals surface area contributed by atoms with Crippen molar-refractivity contribution in [3.05, 3.63) is 65.4 Å². The molecule has 3 heterocycles. The first-order valence-corrected chi connectivity index (χ1v) is 10.5. The van der Waals surface area contributed by atoms with E-state index in [2.05, 4.69) is 37.7 Å². The molecule has 4 aromatic rings. The number of pyridine rings is 1. The molecule has 0 atom stereocenters. The second-order valence-corrected chi connectivity index (χ2v) is 7.93. The molecule has 4 rings (SSSR count). The van der Waals surface area contributed by atoms with Crippen LogP contribution in [0.25, 0.3) is 21.3 Å². The third kappa shape index (κ3) is 4.79. The van der Waals surface area contributed by atoms with E-state index in [9.17, 15) is 4.79 Å². The van der Waals surface area contributed by atoms with Crippen LogP contribution in [0.5, 0.6) is 0 Å². The molecule has 3 aromatic heterocycles. The fraction of sp³-hybridized carbons (Fsp3) is 0.182. The van der Waals surface area contributed by atoms with E-state index >= 15 is 0 Å². The first-order chi connectivity index (χ1) is 15.2. The number of fused-ring (bicyclic) bond motifs is 1. The van der Waals surface area contributed by atoms with Gasteiger partial charge in [-0.15, -0.1) is 11.3 Å². The molecule has 0 radical (unpaired) electrons. The molecule has 0 fully saturated rings. The highest BCUT2D eigenvalue weighted by Crippen LogP contribution is 2.31. The van der Waals surface area contributed by atoms with Gasteiger partial charge in [0.15, 0.2) is 0 Å². The Morgan fingerprint density at radius 3 is 2.94 bits per heavy atom. The van der Waals surface area contributed by atoms with Gasteiger partial charge < -0.3 is 21.1 Å². The molecule has 158 valence electrons. The van der Waals surface area contributed by atoms with E-state index in [-0.39, 0.29) is 5.91 Å². The lowest BCUT2D eigenvalue weighted by molar-refractivity contribution is 0.0937. The van der Waals surface area contributed by atoms with Gasteiger partial charge in [0.05, 0.1) is 24.2 Å². The lowest BCUT2D eigenvalue weighted by atomic mass is 10.1. The number of aromatic nitrogens is 3. The highest BCUT2D eigenvalue weighted by Gasteiger charge is 2.12. The van der Waals surface area contributed by atoms with Crippen molar-refractivity contribution in [3.8, 4) is 10.4 Å². The summed E-state index contributed by atoms with van der Waals surface area (Å²) in [4.78, 5) is 27.3. The summed E-state index contributed by atoms with van der Waals surface area (Å²) >= 11 is 1.66. The maximum Gasteiger partial charge on any atom is 0.255 e. The quantitative estimate of drug-likeness (QED) is 0.364. The maximum absolute atomic E-state index is 12.4. The number of amides is 1. The number of nitrogens with zero attached hydrogens (tertiary/aromatic N) is 3. The minimum atomic E-state index is -0.185. The first kappa shape index (κ1) is 20.7. The number of carbonyl (C=O) groups excluding carboxylic acids is 1. The van der Waals surface area contributed by atoms with Crippen LogP contribution < -0.4 is 16.4 Å². The van der Waals surface area contributed by atoms with Gasteiger partial charge >= 0.3 is 0 Å². The van der Waals surface area contributed by atoms with E-state index in [1.54, 1.807) is 36.8 Å². The van der Waals surface area contributed by atoms with Crippen LogP contribution in [-0.2, 0) is 11.3 Å². The summed E-state index contributed by atoms with van der Waals surface area (Å²) in [6, 6.07) is 13.6. The Morgan fingerprint density at radius 2 is 2.06 bits per heavy atom. The average molecular weight is 435 g/mol. The molecular weight excluding hydrogens is 412 g/mol. The zero-order valence-electron chi connectivity index (χ0n) is 17.0. The van der Waals surface area contributed by atoms with Gasteiger partial charge in [-0.05, 0) is 42.0 Å². The fourth-order valence-corrected chi connectivity index (χ4v) is 4.06. The van der Waals surface area contributed by atoms with Crippen LogP contribution in [0.2, 0.25) is 0 Å².